The van der Waals surface area contributed by atoms with Gasteiger partial charge in [0.1, 0.15) is 0 Å². The third-order valence-corrected chi connectivity index (χ3v) is 8.57. The minimum Gasteiger partial charge on any atom is -0.145 e. The van der Waals surface area contributed by atoms with Crippen LogP contribution in [-0.4, -0.2) is 11.4 Å². The van der Waals surface area contributed by atoms with Crippen molar-refractivity contribution in [3.63, 3.8) is 0 Å². The molecule has 2 aromatic rings. The lowest BCUT2D eigenvalue weighted by atomic mass is 10.2. The minimum atomic E-state index is -0.0563. The molecule has 0 amide bonds. The largest absolute Gasteiger partial charge is 0.145 e. The van der Waals surface area contributed by atoms with Gasteiger partial charge in [0.15, 0.2) is 0 Å². The summed E-state index contributed by atoms with van der Waals surface area (Å²) in [6.07, 6.45) is 1.35. The fourth-order valence-electron chi connectivity index (χ4n) is 2.45. The van der Waals surface area contributed by atoms with Crippen LogP contribution in [0.15, 0.2) is 60.7 Å². The van der Waals surface area contributed by atoms with Crippen LogP contribution in [0.2, 0.25) is 0 Å². The molecule has 3 rings (SSSR count). The highest BCUT2D eigenvalue weighted by Crippen LogP contribution is 2.64. The van der Waals surface area contributed by atoms with Crippen molar-refractivity contribution in [1.29, 1.82) is 0 Å². The molecular formula is C16H17PS. The maximum atomic E-state index is 2.37. The van der Waals surface area contributed by atoms with Gasteiger partial charge in [-0.25, -0.2) is 0 Å². The summed E-state index contributed by atoms with van der Waals surface area (Å²) in [4.78, 5) is 0.679. The summed E-state index contributed by atoms with van der Waals surface area (Å²) in [5, 5.41) is 2.33. The zero-order valence-electron chi connectivity index (χ0n) is 10.5. The summed E-state index contributed by atoms with van der Waals surface area (Å²) < 4.78 is 0. The fraction of sp³-hybridized carbons (Fsp3) is 0.250. The van der Waals surface area contributed by atoms with Gasteiger partial charge in [0.25, 0.3) is 0 Å². The Morgan fingerprint density at radius 2 is 1.56 bits per heavy atom. The monoisotopic (exact) mass is 272 g/mol. The average molecular weight is 272 g/mol. The van der Waals surface area contributed by atoms with Crippen molar-refractivity contribution in [3.8, 4) is 0 Å². The summed E-state index contributed by atoms with van der Waals surface area (Å²) in [7, 11) is -0.0563. The molecule has 0 aromatic heterocycles. The molecule has 92 valence electrons. The highest BCUT2D eigenvalue weighted by molar-refractivity contribution is 8.08. The summed E-state index contributed by atoms with van der Waals surface area (Å²) >= 11 is 2.15. The number of hydrogen-bond donors (Lipinski definition) is 0. The van der Waals surface area contributed by atoms with Gasteiger partial charge in [-0.05, 0) is 17.0 Å². The van der Waals surface area contributed by atoms with Gasteiger partial charge >= 0.3 is 0 Å². The molecule has 0 saturated carbocycles. The van der Waals surface area contributed by atoms with Crippen LogP contribution in [0.5, 0.6) is 0 Å². The molecule has 0 radical (unpaired) electrons. The first kappa shape index (κ1) is 12.3. The van der Waals surface area contributed by atoms with Crippen molar-refractivity contribution < 1.29 is 0 Å². The van der Waals surface area contributed by atoms with E-state index in [0.717, 1.165) is 5.25 Å². The van der Waals surface area contributed by atoms with E-state index in [0.29, 0.717) is 4.99 Å². The van der Waals surface area contributed by atoms with Crippen LogP contribution in [-0.2, 0) is 0 Å². The van der Waals surface area contributed by atoms with E-state index < -0.39 is 0 Å². The minimum absolute atomic E-state index is 0.0563. The lowest BCUT2D eigenvalue weighted by Gasteiger charge is -2.20. The first-order valence-corrected chi connectivity index (χ1v) is 8.90. The number of hydrogen-bond acceptors (Lipinski definition) is 1. The molecular weight excluding hydrogens is 255 g/mol. The lowest BCUT2D eigenvalue weighted by Crippen LogP contribution is -2.04. The van der Waals surface area contributed by atoms with Crippen molar-refractivity contribution in [2.45, 2.75) is 17.2 Å². The lowest BCUT2D eigenvalue weighted by molar-refractivity contribution is 1.14. The Labute approximate surface area is 115 Å². The van der Waals surface area contributed by atoms with Crippen LogP contribution in [0.1, 0.15) is 17.5 Å². The van der Waals surface area contributed by atoms with Gasteiger partial charge in [0.2, 0.25) is 0 Å². The molecule has 3 atom stereocenters. The SMILES string of the molecule is C[C@H]1C[P@@](c2ccccc2)[C@H](c2ccccc2)S1. The molecule has 0 spiro atoms. The quantitative estimate of drug-likeness (QED) is 0.718. The molecule has 1 aliphatic rings. The Balaban J connectivity index is 1.93. The van der Waals surface area contributed by atoms with Crippen LogP contribution < -0.4 is 5.30 Å². The standard InChI is InChI=1S/C16H17PS/c1-13-12-17(15-10-6-3-7-11-15)16(18-13)14-8-4-2-5-9-14/h2-11,13,16H,12H2,1H3/t13-,16-,17-/m0/s1. The second-order valence-corrected chi connectivity index (χ2v) is 8.93. The topological polar surface area (TPSA) is 0 Å². The molecule has 0 nitrogen and oxygen atoms in total. The van der Waals surface area contributed by atoms with Gasteiger partial charge in [-0.1, -0.05) is 75.5 Å². The number of benzene rings is 2. The molecule has 1 aliphatic heterocycles. The summed E-state index contributed by atoms with van der Waals surface area (Å²) in [5.41, 5.74) is 1.50. The van der Waals surface area contributed by atoms with E-state index in [9.17, 15) is 0 Å². The van der Waals surface area contributed by atoms with Crippen LogP contribution in [0.3, 0.4) is 0 Å². The Hall–Kier alpha value is -0.780. The van der Waals surface area contributed by atoms with Crippen molar-refractivity contribution >= 4 is 25.0 Å². The van der Waals surface area contributed by atoms with Gasteiger partial charge in [-0.3, -0.25) is 0 Å². The molecule has 0 unspecified atom stereocenters. The van der Waals surface area contributed by atoms with Crippen molar-refractivity contribution in [3.05, 3.63) is 66.2 Å². The number of rotatable bonds is 2. The van der Waals surface area contributed by atoms with E-state index >= 15 is 0 Å². The van der Waals surface area contributed by atoms with Gasteiger partial charge in [-0.15, -0.1) is 11.8 Å². The smallest absolute Gasteiger partial charge is 0.0539 e. The number of thioether (sulfide) groups is 1. The van der Waals surface area contributed by atoms with E-state index in [-0.39, 0.29) is 7.92 Å². The predicted octanol–water partition coefficient (Wildman–Crippen LogP) is 4.63. The van der Waals surface area contributed by atoms with E-state index in [2.05, 4.69) is 79.3 Å². The predicted molar refractivity (Wildman–Crippen MR) is 84.1 cm³/mol. The van der Waals surface area contributed by atoms with Crippen LogP contribution in [0.25, 0.3) is 0 Å². The van der Waals surface area contributed by atoms with Gasteiger partial charge in [-0.2, -0.15) is 0 Å². The van der Waals surface area contributed by atoms with Crippen LogP contribution in [0, 0.1) is 0 Å². The molecule has 1 fully saturated rings. The maximum absolute atomic E-state index is 2.37. The maximum Gasteiger partial charge on any atom is 0.0539 e. The molecule has 2 aromatic carbocycles. The van der Waals surface area contributed by atoms with E-state index in [1.807, 2.05) is 0 Å². The van der Waals surface area contributed by atoms with E-state index in [4.69, 9.17) is 0 Å². The average Bonchev–Trinajstić information content (AvgIpc) is 2.83. The van der Waals surface area contributed by atoms with Crippen molar-refractivity contribution in [2.75, 3.05) is 6.16 Å². The molecule has 2 heteroatoms. The van der Waals surface area contributed by atoms with Crippen LogP contribution >= 0.6 is 19.7 Å². The Bertz CT molecular complexity index is 450. The van der Waals surface area contributed by atoms with E-state index in [1.54, 1.807) is 5.30 Å². The summed E-state index contributed by atoms with van der Waals surface area (Å²) in [6, 6.07) is 22.1. The third kappa shape index (κ3) is 2.48. The molecule has 0 bridgehead atoms. The summed E-state index contributed by atoms with van der Waals surface area (Å²) in [6.45, 7) is 2.37. The Morgan fingerprint density at radius 1 is 0.944 bits per heavy atom. The first-order chi connectivity index (χ1) is 8.84. The zero-order valence-corrected chi connectivity index (χ0v) is 12.2. The fourth-order valence-corrected chi connectivity index (χ4v) is 8.17. The molecule has 18 heavy (non-hydrogen) atoms. The van der Waals surface area contributed by atoms with Gasteiger partial charge < -0.3 is 0 Å². The highest BCUT2D eigenvalue weighted by Gasteiger charge is 2.34. The van der Waals surface area contributed by atoms with Crippen molar-refractivity contribution in [2.24, 2.45) is 0 Å². The molecule has 1 heterocycles. The van der Waals surface area contributed by atoms with Crippen LogP contribution in [0.4, 0.5) is 0 Å². The molecule has 1 saturated heterocycles. The van der Waals surface area contributed by atoms with Crippen molar-refractivity contribution in [1.82, 2.24) is 0 Å². The van der Waals surface area contributed by atoms with Gasteiger partial charge in [0, 0.05) is 5.25 Å². The molecule has 0 N–H and O–H groups in total. The van der Waals surface area contributed by atoms with E-state index in [1.165, 1.54) is 11.7 Å². The summed E-state index contributed by atoms with van der Waals surface area (Å²) in [5.74, 6) is 0. The first-order valence-electron chi connectivity index (χ1n) is 6.37. The highest BCUT2D eigenvalue weighted by atomic mass is 32.2. The normalized spacial score (nSPS) is 27.3. The Kier molecular flexibility index (Phi) is 3.72. The zero-order chi connectivity index (χ0) is 12.4. The Morgan fingerprint density at radius 3 is 2.22 bits per heavy atom. The second kappa shape index (κ2) is 5.47. The third-order valence-electron chi connectivity index (χ3n) is 3.27. The second-order valence-electron chi connectivity index (χ2n) is 4.70. The molecule has 0 aliphatic carbocycles. The van der Waals surface area contributed by atoms with Gasteiger partial charge in [0.05, 0.1) is 4.99 Å².